The zero-order valence-corrected chi connectivity index (χ0v) is 8.07. The van der Waals surface area contributed by atoms with Gasteiger partial charge in [-0.05, 0) is 17.4 Å². The van der Waals surface area contributed by atoms with Crippen LogP contribution in [0.5, 0.6) is 0 Å². The number of rotatable bonds is 2. The summed E-state index contributed by atoms with van der Waals surface area (Å²) in [5.41, 5.74) is 6.84. The Kier molecular flexibility index (Phi) is 3.87. The predicted octanol–water partition coefficient (Wildman–Crippen LogP) is 2.40. The topological polar surface area (TPSA) is 26.0 Å². The molecule has 0 atom stereocenters. The van der Waals surface area contributed by atoms with Gasteiger partial charge >= 0.3 is 0 Å². The van der Waals surface area contributed by atoms with Crippen molar-refractivity contribution in [1.82, 2.24) is 0 Å². The number of nitrogens with two attached hydrogens (primary N) is 1. The van der Waals surface area contributed by atoms with Crippen LogP contribution in [0.15, 0.2) is 10.6 Å². The molecule has 0 saturated heterocycles. The lowest BCUT2D eigenvalue weighted by molar-refractivity contribution is 0.621. The van der Waals surface area contributed by atoms with Gasteiger partial charge in [0, 0.05) is 0 Å². The van der Waals surface area contributed by atoms with Gasteiger partial charge in [-0.25, -0.2) is 0 Å². The molecule has 0 aliphatic heterocycles. The second kappa shape index (κ2) is 3.91. The van der Waals surface area contributed by atoms with Crippen molar-refractivity contribution in [2.45, 2.75) is 27.7 Å². The van der Waals surface area contributed by atoms with Gasteiger partial charge in [-0.1, -0.05) is 27.7 Å². The van der Waals surface area contributed by atoms with Crippen LogP contribution in [0.1, 0.15) is 27.7 Å². The molecule has 0 aromatic rings. The highest BCUT2D eigenvalue weighted by Crippen LogP contribution is 2.22. The molecule has 0 amide bonds. The molecular formula is C8H17NS. The van der Waals surface area contributed by atoms with Gasteiger partial charge in [0.05, 0.1) is 5.03 Å². The minimum atomic E-state index is 0.512. The van der Waals surface area contributed by atoms with E-state index in [1.807, 2.05) is 0 Å². The van der Waals surface area contributed by atoms with Crippen molar-refractivity contribution in [3.8, 4) is 0 Å². The molecule has 0 radical (unpaired) electrons. The lowest BCUT2D eigenvalue weighted by atomic mass is 9.94. The van der Waals surface area contributed by atoms with Gasteiger partial charge in [0.2, 0.25) is 0 Å². The van der Waals surface area contributed by atoms with E-state index in [0.29, 0.717) is 16.9 Å². The molecular weight excluding hydrogens is 142 g/mol. The molecule has 10 heavy (non-hydrogen) atoms. The van der Waals surface area contributed by atoms with Gasteiger partial charge in [-0.2, -0.15) is 0 Å². The van der Waals surface area contributed by atoms with Crippen LogP contribution in [0.4, 0.5) is 0 Å². The van der Waals surface area contributed by atoms with Gasteiger partial charge in [-0.15, -0.1) is 12.6 Å². The van der Waals surface area contributed by atoms with Crippen molar-refractivity contribution in [3.05, 3.63) is 10.6 Å². The second-order valence-corrected chi connectivity index (χ2v) is 3.63. The second-order valence-electron chi connectivity index (χ2n) is 3.15. The van der Waals surface area contributed by atoms with Gasteiger partial charge < -0.3 is 5.73 Å². The van der Waals surface area contributed by atoms with E-state index in [0.717, 1.165) is 0 Å². The Bertz CT molecular complexity index is 122. The van der Waals surface area contributed by atoms with Crippen molar-refractivity contribution in [2.75, 3.05) is 0 Å². The summed E-state index contributed by atoms with van der Waals surface area (Å²) in [7, 11) is 0. The van der Waals surface area contributed by atoms with Crippen LogP contribution in [-0.2, 0) is 0 Å². The molecule has 0 aliphatic carbocycles. The molecule has 0 rings (SSSR count). The molecule has 60 valence electrons. The highest BCUT2D eigenvalue weighted by atomic mass is 32.1. The first-order chi connectivity index (χ1) is 4.46. The molecule has 0 unspecified atom stereocenters. The van der Waals surface area contributed by atoms with Crippen molar-refractivity contribution in [3.63, 3.8) is 0 Å². The van der Waals surface area contributed by atoms with Crippen LogP contribution in [-0.4, -0.2) is 0 Å². The van der Waals surface area contributed by atoms with Crippen LogP contribution >= 0.6 is 12.6 Å². The standard InChI is InChI=1S/C8H17NS/c1-5(2)7(6(3)4)8(9)10/h5-6,10H,9H2,1-4H3. The zero-order chi connectivity index (χ0) is 8.31. The molecule has 0 saturated carbocycles. The lowest BCUT2D eigenvalue weighted by Gasteiger charge is -2.16. The summed E-state index contributed by atoms with van der Waals surface area (Å²) in [5, 5.41) is 0.685. The SMILES string of the molecule is CC(C)C(=C(N)S)C(C)C. The average molecular weight is 159 g/mol. The minimum Gasteiger partial charge on any atom is -0.394 e. The van der Waals surface area contributed by atoms with Crippen LogP contribution in [0.3, 0.4) is 0 Å². The Morgan fingerprint density at radius 3 is 1.40 bits per heavy atom. The summed E-state index contributed by atoms with van der Waals surface area (Å²) in [6.45, 7) is 8.55. The van der Waals surface area contributed by atoms with Crippen molar-refractivity contribution < 1.29 is 0 Å². The average Bonchev–Trinajstić information content (AvgIpc) is 1.59. The predicted molar refractivity (Wildman–Crippen MR) is 49.9 cm³/mol. The maximum Gasteiger partial charge on any atom is 0.0621 e. The molecule has 0 spiro atoms. The monoisotopic (exact) mass is 159 g/mol. The van der Waals surface area contributed by atoms with Crippen LogP contribution < -0.4 is 5.73 Å². The quantitative estimate of drug-likeness (QED) is 0.594. The first kappa shape index (κ1) is 9.89. The molecule has 0 bridgehead atoms. The number of thiol groups is 1. The zero-order valence-electron chi connectivity index (χ0n) is 7.18. The maximum atomic E-state index is 5.58. The van der Waals surface area contributed by atoms with E-state index in [1.165, 1.54) is 5.57 Å². The Hall–Kier alpha value is -0.110. The molecule has 0 aromatic heterocycles. The third-order valence-electron chi connectivity index (χ3n) is 1.54. The summed E-state index contributed by atoms with van der Waals surface area (Å²) < 4.78 is 0. The number of allylic oxidation sites excluding steroid dienone is 1. The van der Waals surface area contributed by atoms with Crippen LogP contribution in [0, 0.1) is 11.8 Å². The summed E-state index contributed by atoms with van der Waals surface area (Å²) in [4.78, 5) is 0. The molecule has 2 N–H and O–H groups in total. The Balaban J connectivity index is 4.44. The first-order valence-corrected chi connectivity index (χ1v) is 4.10. The number of hydrogen-bond acceptors (Lipinski definition) is 2. The van der Waals surface area contributed by atoms with E-state index >= 15 is 0 Å². The van der Waals surface area contributed by atoms with Gasteiger partial charge in [0.25, 0.3) is 0 Å². The number of hydrogen-bond donors (Lipinski definition) is 2. The molecule has 1 nitrogen and oxygen atoms in total. The largest absolute Gasteiger partial charge is 0.394 e. The summed E-state index contributed by atoms with van der Waals surface area (Å²) >= 11 is 4.13. The lowest BCUT2D eigenvalue weighted by Crippen LogP contribution is -2.08. The smallest absolute Gasteiger partial charge is 0.0621 e. The van der Waals surface area contributed by atoms with Gasteiger partial charge in [-0.3, -0.25) is 0 Å². The van der Waals surface area contributed by atoms with Crippen molar-refractivity contribution in [1.29, 1.82) is 0 Å². The molecule has 2 heteroatoms. The Morgan fingerprint density at radius 1 is 1.10 bits per heavy atom. The Labute approximate surface area is 69.1 Å². The van der Waals surface area contributed by atoms with Crippen molar-refractivity contribution in [2.24, 2.45) is 17.6 Å². The summed E-state index contributed by atoms with van der Waals surface area (Å²) in [6.07, 6.45) is 0. The fourth-order valence-electron chi connectivity index (χ4n) is 1.26. The minimum absolute atomic E-state index is 0.512. The van der Waals surface area contributed by atoms with E-state index in [9.17, 15) is 0 Å². The van der Waals surface area contributed by atoms with Crippen molar-refractivity contribution >= 4 is 12.6 Å². The molecule has 0 aliphatic rings. The van der Waals surface area contributed by atoms with Crippen LogP contribution in [0.2, 0.25) is 0 Å². The fraction of sp³-hybridized carbons (Fsp3) is 0.750. The van der Waals surface area contributed by atoms with E-state index in [-0.39, 0.29) is 0 Å². The Morgan fingerprint density at radius 2 is 1.40 bits per heavy atom. The third kappa shape index (κ3) is 2.65. The normalized spacial score (nSPS) is 10.7. The van der Waals surface area contributed by atoms with Gasteiger partial charge in [0.15, 0.2) is 0 Å². The maximum absolute atomic E-state index is 5.58. The van der Waals surface area contributed by atoms with E-state index in [2.05, 4.69) is 40.3 Å². The highest BCUT2D eigenvalue weighted by Gasteiger charge is 2.09. The van der Waals surface area contributed by atoms with Crippen LogP contribution in [0.25, 0.3) is 0 Å². The third-order valence-corrected chi connectivity index (χ3v) is 1.80. The molecule has 0 heterocycles. The highest BCUT2D eigenvalue weighted by molar-refractivity contribution is 7.84. The van der Waals surface area contributed by atoms with E-state index in [4.69, 9.17) is 5.73 Å². The first-order valence-electron chi connectivity index (χ1n) is 3.65. The van der Waals surface area contributed by atoms with E-state index < -0.39 is 0 Å². The summed E-state index contributed by atoms with van der Waals surface area (Å²) in [5.74, 6) is 1.02. The summed E-state index contributed by atoms with van der Waals surface area (Å²) in [6, 6.07) is 0. The van der Waals surface area contributed by atoms with Gasteiger partial charge in [0.1, 0.15) is 0 Å². The molecule has 0 fully saturated rings. The van der Waals surface area contributed by atoms with E-state index in [1.54, 1.807) is 0 Å². The fourth-order valence-corrected chi connectivity index (χ4v) is 1.77. The molecule has 0 aromatic carbocycles.